The zero-order valence-electron chi connectivity index (χ0n) is 14.8. The van der Waals surface area contributed by atoms with Gasteiger partial charge in [0.05, 0.1) is 13.5 Å². The largest absolute Gasteiger partial charge is 1.00 e. The van der Waals surface area contributed by atoms with E-state index in [1.807, 2.05) is 19.9 Å². The van der Waals surface area contributed by atoms with Crippen molar-refractivity contribution < 1.29 is 44.7 Å². The molecule has 148 valence electrons. The van der Waals surface area contributed by atoms with Gasteiger partial charge in [0.2, 0.25) is 5.82 Å². The number of nitrogens with one attached hydrogen (secondary N) is 1. The molecule has 0 radical (unpaired) electrons. The van der Waals surface area contributed by atoms with Crippen LogP contribution in [0.4, 0.5) is 0 Å². The van der Waals surface area contributed by atoms with Gasteiger partial charge in [0, 0.05) is 0 Å². The van der Waals surface area contributed by atoms with Gasteiger partial charge in [0.1, 0.15) is 10.9 Å². The molecule has 0 unspecified atom stereocenters. The molecule has 1 N–H and O–H groups in total. The third-order valence-corrected chi connectivity index (χ3v) is 5.06. The van der Waals surface area contributed by atoms with E-state index in [0.29, 0.717) is 15.0 Å². The van der Waals surface area contributed by atoms with Gasteiger partial charge in [-0.15, -0.1) is 32.9 Å². The summed E-state index contributed by atoms with van der Waals surface area (Å²) in [7, 11) is 9.90. The Morgan fingerprint density at radius 2 is 1.62 bits per heavy atom. The Hall–Kier alpha value is 0.0534. The van der Waals surface area contributed by atoms with E-state index in [0.717, 1.165) is 20.3 Å². The Bertz CT molecular complexity index is 891. The topological polar surface area (TPSA) is 137 Å². The maximum atomic E-state index is 8.43. The second-order valence-corrected chi connectivity index (χ2v) is 12.2. The molecule has 0 spiro atoms. The number of nitrogens with zero attached hydrogens (tertiary/aromatic N) is 7. The van der Waals surface area contributed by atoms with E-state index in [4.69, 9.17) is 58.9 Å². The average molecular weight is 576 g/mol. The van der Waals surface area contributed by atoms with Crippen molar-refractivity contribution >= 4 is 65.3 Å². The van der Waals surface area contributed by atoms with Crippen molar-refractivity contribution in [1.82, 2.24) is 20.6 Å². The zero-order valence-corrected chi connectivity index (χ0v) is 24.4. The van der Waals surface area contributed by atoms with Gasteiger partial charge in [0.25, 0.3) is 0 Å². The minimum atomic E-state index is -0.931. The number of H-pyrrole nitrogens is 1. The van der Waals surface area contributed by atoms with E-state index in [1.165, 1.54) is 27.6 Å². The molecule has 0 aliphatic carbocycles. The van der Waals surface area contributed by atoms with Crippen molar-refractivity contribution in [3.05, 3.63) is 52.8 Å². The fourth-order valence-corrected chi connectivity index (χ4v) is 3.79. The third-order valence-electron chi connectivity index (χ3n) is 2.43. The second-order valence-electron chi connectivity index (χ2n) is 4.16. The van der Waals surface area contributed by atoms with Crippen molar-refractivity contribution in [1.29, 1.82) is 5.26 Å². The molecular formula is C13H13Cl4N8NaS2Zn. The van der Waals surface area contributed by atoms with Gasteiger partial charge in [0.15, 0.2) is 0 Å². The smallest absolute Gasteiger partial charge is 0.373 e. The molecule has 3 heterocycles. The summed E-state index contributed by atoms with van der Waals surface area (Å²) < 4.78 is 1.43. The predicted molar refractivity (Wildman–Crippen MR) is 115 cm³/mol. The first-order chi connectivity index (χ1) is 12.8. The van der Waals surface area contributed by atoms with Crippen molar-refractivity contribution in [2.45, 2.75) is 21.3 Å². The number of hydrogen-bond acceptors (Lipinski definition) is 6. The number of thiophene rings is 2. The maximum Gasteiger partial charge on any atom is 1.00 e. The summed E-state index contributed by atoms with van der Waals surface area (Å²) in [6.45, 7) is 3.84. The molecule has 0 atom stereocenters. The predicted octanol–water partition coefficient (Wildman–Crippen LogP) is 4.35. The molecule has 29 heavy (non-hydrogen) atoms. The average Bonchev–Trinajstić information content (AvgIpc) is 3.30. The van der Waals surface area contributed by atoms with E-state index in [-0.39, 0.29) is 37.0 Å². The van der Waals surface area contributed by atoms with Crippen molar-refractivity contribution in [2.24, 2.45) is 0 Å². The number of aromatic amines is 1. The molecule has 0 amide bonds. The number of rotatable bonds is 1. The van der Waals surface area contributed by atoms with Crippen LogP contribution in [0.1, 0.15) is 23.4 Å². The summed E-state index contributed by atoms with van der Waals surface area (Å²) in [6.07, 6.45) is 0. The maximum absolute atomic E-state index is 8.43. The summed E-state index contributed by atoms with van der Waals surface area (Å²) in [6, 6.07) is 5.73. The molecule has 0 bridgehead atoms. The Labute approximate surface area is 224 Å². The van der Waals surface area contributed by atoms with Crippen LogP contribution in [0.2, 0.25) is 8.67 Å². The van der Waals surface area contributed by atoms with Crippen LogP contribution < -0.4 is 29.6 Å². The third kappa shape index (κ3) is 13.9. The summed E-state index contributed by atoms with van der Waals surface area (Å²) in [5.41, 5.74) is 15.5. The Kier molecular flexibility index (Phi) is 23.2. The van der Waals surface area contributed by atoms with Crippen molar-refractivity contribution in [3.8, 4) is 16.8 Å². The van der Waals surface area contributed by atoms with Gasteiger partial charge in [-0.2, -0.15) is 10.5 Å². The van der Waals surface area contributed by atoms with Crippen LogP contribution in [-0.4, -0.2) is 20.6 Å². The van der Waals surface area contributed by atoms with Gasteiger partial charge in [-0.1, -0.05) is 30.6 Å². The molecule has 8 nitrogen and oxygen atoms in total. The van der Waals surface area contributed by atoms with Crippen molar-refractivity contribution in [2.75, 3.05) is 0 Å². The standard InChI is InChI=1S/C6H5ClN4S.C6H4ClNS.CH4.2ClH.N3.Na.Zn/c1-3-2-4(7)12-5(3)6-8-10-11-9-6;1-4-2-6(7)9-5(4)3-8;;;;1-3-2;;/h2H,1H3,(H,8,9,10,11);2H,1H3;1H4;2*1H;;;/q;;;;;-1;+1;+2/p-2. The molecule has 0 aliphatic heterocycles. The van der Waals surface area contributed by atoms with Crippen LogP contribution in [0.5, 0.6) is 0 Å². The van der Waals surface area contributed by atoms with E-state index in [9.17, 15) is 0 Å². The van der Waals surface area contributed by atoms with E-state index >= 15 is 0 Å². The molecule has 0 saturated carbocycles. The number of hydrogen-bond donors (Lipinski definition) is 1. The molecule has 16 heteroatoms. The van der Waals surface area contributed by atoms with Crippen LogP contribution >= 0.6 is 65.3 Å². The first-order valence-electron chi connectivity index (χ1n) is 6.60. The number of nitriles is 1. The first-order valence-corrected chi connectivity index (χ1v) is 16.8. The quantitative estimate of drug-likeness (QED) is 0.200. The van der Waals surface area contributed by atoms with Gasteiger partial charge in [-0.05, 0) is 42.3 Å². The molecular weight excluding hydrogens is 563 g/mol. The first kappa shape index (κ1) is 33.7. The summed E-state index contributed by atoms with van der Waals surface area (Å²) >= 11 is 13.3. The monoisotopic (exact) mass is 572 g/mol. The van der Waals surface area contributed by atoms with Crippen LogP contribution in [0.25, 0.3) is 26.7 Å². The Morgan fingerprint density at radius 1 is 1.14 bits per heavy atom. The summed E-state index contributed by atoms with van der Waals surface area (Å²) in [5.74, 6) is 0.601. The van der Waals surface area contributed by atoms with Crippen LogP contribution in [0.3, 0.4) is 0 Å². The Balaban J connectivity index is -0.000000356. The number of tetrazole rings is 1. The fourth-order valence-electron chi connectivity index (χ4n) is 1.48. The number of halogens is 4. The number of aromatic nitrogens is 4. The summed E-state index contributed by atoms with van der Waals surface area (Å²) in [5, 5.41) is 22.0. The van der Waals surface area contributed by atoms with Crippen LogP contribution in [0, 0.1) is 25.2 Å². The van der Waals surface area contributed by atoms with Crippen LogP contribution in [0.15, 0.2) is 12.1 Å². The summed E-state index contributed by atoms with van der Waals surface area (Å²) in [4.78, 5) is 3.17. The minimum Gasteiger partial charge on any atom is -0.373 e. The van der Waals surface area contributed by atoms with E-state index in [2.05, 4.69) is 26.7 Å². The molecule has 3 aromatic heterocycles. The van der Waals surface area contributed by atoms with Gasteiger partial charge in [-0.3, -0.25) is 4.91 Å². The normalized spacial score (nSPS) is 7.76. The molecule has 0 saturated heterocycles. The molecule has 3 rings (SSSR count). The Morgan fingerprint density at radius 3 is 1.90 bits per heavy atom. The molecule has 0 aliphatic rings. The van der Waals surface area contributed by atoms with Crippen LogP contribution in [-0.2, 0) is 15.1 Å². The van der Waals surface area contributed by atoms with Gasteiger partial charge >= 0.3 is 64.1 Å². The van der Waals surface area contributed by atoms with Crippen molar-refractivity contribution in [3.63, 3.8) is 0 Å². The minimum absolute atomic E-state index is 0. The SMILES string of the molecule is C.Cc1cc(Cl)sc1-c1nn[nH]n1.Cc1cc(Cl)sc1C#N.[Cl][Zn][Cl].[N-]=[N+]=[N-].[Na+]. The molecule has 0 aromatic carbocycles. The fraction of sp³-hybridized carbons (Fsp3) is 0.231. The number of aryl methyl sites for hydroxylation is 2. The molecule has 0 fully saturated rings. The second kappa shape index (κ2) is 20.0. The van der Waals surface area contributed by atoms with Gasteiger partial charge < -0.3 is 11.1 Å². The molecule has 3 aromatic rings. The van der Waals surface area contributed by atoms with Gasteiger partial charge in [-0.25, -0.2) is 0 Å². The zero-order chi connectivity index (χ0) is 20.8. The van der Waals surface area contributed by atoms with E-state index < -0.39 is 15.1 Å². The van der Waals surface area contributed by atoms with E-state index in [1.54, 1.807) is 6.07 Å².